The standard InChI is InChI=1S/C17H18Cl2N4O2/c1-11-3-5-13(6-4-11)21-15(24)9-23(2)10-16(25)22-17-14(19)7-12(18)8-20-17/h3-8H,9-10H2,1-2H3,(H,21,24)(H,20,22,25)/p+1. The van der Waals surface area contributed by atoms with Crippen molar-refractivity contribution in [3.63, 3.8) is 0 Å². The van der Waals surface area contributed by atoms with Gasteiger partial charge in [0.15, 0.2) is 18.9 Å². The molecule has 2 rings (SSSR count). The molecule has 8 heteroatoms. The van der Waals surface area contributed by atoms with Gasteiger partial charge in [-0.15, -0.1) is 0 Å². The van der Waals surface area contributed by atoms with Gasteiger partial charge in [0.1, 0.15) is 0 Å². The minimum Gasteiger partial charge on any atom is -0.322 e. The highest BCUT2D eigenvalue weighted by Gasteiger charge is 2.16. The van der Waals surface area contributed by atoms with E-state index in [0.717, 1.165) is 16.2 Å². The lowest BCUT2D eigenvalue weighted by Crippen LogP contribution is -3.11. The van der Waals surface area contributed by atoms with E-state index in [0.29, 0.717) is 5.02 Å². The molecule has 1 atom stereocenters. The number of hydrogen-bond donors (Lipinski definition) is 3. The van der Waals surface area contributed by atoms with Crippen LogP contribution in [0.15, 0.2) is 36.5 Å². The molecular weight excluding hydrogens is 363 g/mol. The van der Waals surface area contributed by atoms with Crippen LogP contribution in [-0.2, 0) is 9.59 Å². The van der Waals surface area contributed by atoms with Crippen molar-refractivity contribution in [3.05, 3.63) is 52.1 Å². The molecule has 1 aromatic carbocycles. The number of nitrogens with zero attached hydrogens (tertiary/aromatic N) is 1. The van der Waals surface area contributed by atoms with Crippen molar-refractivity contribution < 1.29 is 14.5 Å². The number of quaternary nitrogens is 1. The summed E-state index contributed by atoms with van der Waals surface area (Å²) in [6.07, 6.45) is 1.40. The predicted molar refractivity (Wildman–Crippen MR) is 99.3 cm³/mol. The van der Waals surface area contributed by atoms with Gasteiger partial charge in [-0.2, -0.15) is 0 Å². The number of anilines is 2. The van der Waals surface area contributed by atoms with Crippen molar-refractivity contribution in [1.29, 1.82) is 0 Å². The minimum absolute atomic E-state index is 0.0992. The Kier molecular flexibility index (Phi) is 6.75. The zero-order valence-corrected chi connectivity index (χ0v) is 15.4. The Morgan fingerprint density at radius 3 is 2.28 bits per heavy atom. The first kappa shape index (κ1) is 19.2. The molecule has 0 aliphatic heterocycles. The van der Waals surface area contributed by atoms with Crippen LogP contribution < -0.4 is 15.5 Å². The molecule has 0 saturated carbocycles. The highest BCUT2D eigenvalue weighted by Crippen LogP contribution is 2.22. The highest BCUT2D eigenvalue weighted by molar-refractivity contribution is 6.36. The number of nitrogens with one attached hydrogen (secondary N) is 3. The van der Waals surface area contributed by atoms with Crippen LogP contribution in [0.3, 0.4) is 0 Å². The largest absolute Gasteiger partial charge is 0.322 e. The first-order chi connectivity index (χ1) is 11.8. The number of halogens is 2. The van der Waals surface area contributed by atoms with Gasteiger partial charge < -0.3 is 15.5 Å². The molecule has 0 aliphatic carbocycles. The van der Waals surface area contributed by atoms with Crippen LogP contribution in [0.4, 0.5) is 11.5 Å². The number of benzene rings is 1. The normalized spacial score (nSPS) is 11.7. The van der Waals surface area contributed by atoms with Gasteiger partial charge in [0.05, 0.1) is 17.1 Å². The maximum Gasteiger partial charge on any atom is 0.280 e. The third kappa shape index (κ3) is 6.34. The quantitative estimate of drug-likeness (QED) is 0.713. The molecule has 0 aliphatic rings. The zero-order chi connectivity index (χ0) is 18.4. The number of pyridine rings is 1. The molecule has 2 amide bonds. The monoisotopic (exact) mass is 381 g/mol. The van der Waals surface area contributed by atoms with E-state index in [1.165, 1.54) is 12.3 Å². The van der Waals surface area contributed by atoms with E-state index in [4.69, 9.17) is 23.2 Å². The van der Waals surface area contributed by atoms with Crippen LogP contribution in [0.5, 0.6) is 0 Å². The number of carbonyl (C=O) groups is 2. The summed E-state index contributed by atoms with van der Waals surface area (Å²) in [6.45, 7) is 2.23. The molecular formula is C17H19Cl2N4O2+. The second kappa shape index (κ2) is 8.80. The summed E-state index contributed by atoms with van der Waals surface area (Å²) in [7, 11) is 1.76. The first-order valence-corrected chi connectivity index (χ1v) is 8.38. The SMILES string of the molecule is Cc1ccc(NC(=O)C[NH+](C)CC(=O)Nc2ncc(Cl)cc2Cl)cc1. The molecule has 0 saturated heterocycles. The van der Waals surface area contributed by atoms with Crippen LogP contribution in [0.1, 0.15) is 5.56 Å². The van der Waals surface area contributed by atoms with Crippen LogP contribution in [0.25, 0.3) is 0 Å². The summed E-state index contributed by atoms with van der Waals surface area (Å²) in [5, 5.41) is 6.05. The number of amides is 2. The van der Waals surface area contributed by atoms with Gasteiger partial charge >= 0.3 is 0 Å². The van der Waals surface area contributed by atoms with E-state index in [9.17, 15) is 9.59 Å². The fraction of sp³-hybridized carbons (Fsp3) is 0.235. The molecule has 0 bridgehead atoms. The summed E-state index contributed by atoms with van der Waals surface area (Å²) in [6, 6.07) is 9.01. The fourth-order valence-corrected chi connectivity index (χ4v) is 2.56. The Balaban J connectivity index is 1.82. The Labute approximate surface area is 156 Å². The molecule has 0 radical (unpaired) electrons. The number of aryl methyl sites for hydroxylation is 1. The summed E-state index contributed by atoms with van der Waals surface area (Å²) in [4.78, 5) is 28.8. The molecule has 2 aromatic rings. The van der Waals surface area contributed by atoms with Crippen LogP contribution in [0, 0.1) is 6.92 Å². The van der Waals surface area contributed by atoms with E-state index in [-0.39, 0.29) is 35.7 Å². The molecule has 6 nitrogen and oxygen atoms in total. The Bertz CT molecular complexity index is 766. The van der Waals surface area contributed by atoms with Crippen LogP contribution in [0.2, 0.25) is 10.0 Å². The predicted octanol–water partition coefficient (Wildman–Crippen LogP) is 1.79. The second-order valence-corrected chi connectivity index (χ2v) is 6.60. The second-order valence-electron chi connectivity index (χ2n) is 5.76. The van der Waals surface area contributed by atoms with E-state index in [2.05, 4.69) is 15.6 Å². The molecule has 25 heavy (non-hydrogen) atoms. The van der Waals surface area contributed by atoms with Gasteiger partial charge in [-0.3, -0.25) is 9.59 Å². The fourth-order valence-electron chi connectivity index (χ4n) is 2.14. The zero-order valence-electron chi connectivity index (χ0n) is 13.9. The third-order valence-electron chi connectivity index (χ3n) is 3.33. The van der Waals surface area contributed by atoms with Gasteiger partial charge in [-0.1, -0.05) is 40.9 Å². The average molecular weight is 382 g/mol. The van der Waals surface area contributed by atoms with Crippen molar-refractivity contribution in [2.45, 2.75) is 6.92 Å². The van der Waals surface area contributed by atoms with Gasteiger partial charge in [-0.25, -0.2) is 4.98 Å². The van der Waals surface area contributed by atoms with E-state index in [1.807, 2.05) is 31.2 Å². The lowest BCUT2D eigenvalue weighted by atomic mass is 10.2. The number of likely N-dealkylation sites (N-methyl/N-ethyl adjacent to an activating group) is 1. The van der Waals surface area contributed by atoms with E-state index in [1.54, 1.807) is 7.05 Å². The Morgan fingerprint density at radius 2 is 1.68 bits per heavy atom. The number of aromatic nitrogens is 1. The topological polar surface area (TPSA) is 75.5 Å². The summed E-state index contributed by atoms with van der Waals surface area (Å²) in [5.41, 5.74) is 1.84. The molecule has 1 unspecified atom stereocenters. The smallest absolute Gasteiger partial charge is 0.280 e. The molecule has 3 N–H and O–H groups in total. The summed E-state index contributed by atoms with van der Waals surface area (Å²) in [5.74, 6) is -0.220. The van der Waals surface area contributed by atoms with Gasteiger partial charge in [-0.05, 0) is 25.1 Å². The minimum atomic E-state index is -0.294. The number of rotatable bonds is 6. The van der Waals surface area contributed by atoms with Crippen LogP contribution in [-0.4, -0.2) is 36.9 Å². The number of carbonyl (C=O) groups excluding carboxylic acids is 2. The summed E-state index contributed by atoms with van der Waals surface area (Å²) >= 11 is 11.7. The highest BCUT2D eigenvalue weighted by atomic mass is 35.5. The summed E-state index contributed by atoms with van der Waals surface area (Å²) < 4.78 is 0. The molecule has 0 spiro atoms. The van der Waals surface area contributed by atoms with Gasteiger partial charge in [0, 0.05) is 11.9 Å². The Hall–Kier alpha value is -2.15. The maximum atomic E-state index is 12.0. The molecule has 132 valence electrons. The van der Waals surface area contributed by atoms with E-state index < -0.39 is 0 Å². The van der Waals surface area contributed by atoms with Crippen LogP contribution >= 0.6 is 23.2 Å². The van der Waals surface area contributed by atoms with Crippen molar-refractivity contribution in [2.75, 3.05) is 30.8 Å². The molecule has 1 aromatic heterocycles. The van der Waals surface area contributed by atoms with E-state index >= 15 is 0 Å². The molecule has 0 fully saturated rings. The average Bonchev–Trinajstić information content (AvgIpc) is 2.52. The van der Waals surface area contributed by atoms with Crippen molar-refractivity contribution in [3.8, 4) is 0 Å². The van der Waals surface area contributed by atoms with Crippen molar-refractivity contribution >= 4 is 46.5 Å². The maximum absolute atomic E-state index is 12.0. The first-order valence-electron chi connectivity index (χ1n) is 7.62. The van der Waals surface area contributed by atoms with Gasteiger partial charge in [0.25, 0.3) is 11.8 Å². The number of hydrogen-bond acceptors (Lipinski definition) is 3. The third-order valence-corrected chi connectivity index (χ3v) is 3.82. The molecule has 1 heterocycles. The van der Waals surface area contributed by atoms with Crippen molar-refractivity contribution in [1.82, 2.24) is 4.98 Å². The lowest BCUT2D eigenvalue weighted by molar-refractivity contribution is -0.862. The lowest BCUT2D eigenvalue weighted by Gasteiger charge is -2.14. The Morgan fingerprint density at radius 1 is 1.08 bits per heavy atom. The van der Waals surface area contributed by atoms with Gasteiger partial charge in [0.2, 0.25) is 0 Å². The van der Waals surface area contributed by atoms with Crippen molar-refractivity contribution in [2.24, 2.45) is 0 Å².